The molecule has 0 radical (unpaired) electrons. The van der Waals surface area contributed by atoms with Gasteiger partial charge in [0.25, 0.3) is 0 Å². The Hall–Kier alpha value is -0.800. The van der Waals surface area contributed by atoms with Crippen molar-refractivity contribution in [1.29, 1.82) is 0 Å². The second-order valence-corrected chi connectivity index (χ2v) is 4.22. The molecule has 3 nitrogen and oxygen atoms in total. The number of halogens is 1. The first-order valence-electron chi connectivity index (χ1n) is 5.18. The summed E-state index contributed by atoms with van der Waals surface area (Å²) in [7, 11) is 1.93. The van der Waals surface area contributed by atoms with Crippen LogP contribution in [0.2, 0.25) is 5.02 Å². The van der Waals surface area contributed by atoms with Gasteiger partial charge < -0.3 is 11.1 Å². The SMILES string of the molecule is CCC(C)C(NC)c1cc(Cl)cnc1N. The quantitative estimate of drug-likeness (QED) is 0.832. The normalized spacial score (nSPS) is 14.9. The molecule has 0 saturated heterocycles. The van der Waals surface area contributed by atoms with E-state index in [0.29, 0.717) is 16.8 Å². The molecule has 15 heavy (non-hydrogen) atoms. The van der Waals surface area contributed by atoms with Gasteiger partial charge in [-0.1, -0.05) is 31.9 Å². The Morgan fingerprint density at radius 2 is 2.27 bits per heavy atom. The summed E-state index contributed by atoms with van der Waals surface area (Å²) in [6.07, 6.45) is 2.65. The van der Waals surface area contributed by atoms with Gasteiger partial charge in [-0.3, -0.25) is 0 Å². The largest absolute Gasteiger partial charge is 0.383 e. The van der Waals surface area contributed by atoms with Crippen LogP contribution in [0.5, 0.6) is 0 Å². The molecule has 4 heteroatoms. The Labute approximate surface area is 96.0 Å². The van der Waals surface area contributed by atoms with Gasteiger partial charge in [-0.25, -0.2) is 4.98 Å². The summed E-state index contributed by atoms with van der Waals surface area (Å²) in [6, 6.07) is 2.10. The highest BCUT2D eigenvalue weighted by molar-refractivity contribution is 6.30. The van der Waals surface area contributed by atoms with Crippen LogP contribution >= 0.6 is 11.6 Å². The van der Waals surface area contributed by atoms with E-state index in [-0.39, 0.29) is 6.04 Å². The van der Waals surface area contributed by atoms with Crippen LogP contribution in [0, 0.1) is 5.92 Å². The van der Waals surface area contributed by atoms with Crippen molar-refractivity contribution in [2.24, 2.45) is 5.92 Å². The van der Waals surface area contributed by atoms with Crippen molar-refractivity contribution in [2.45, 2.75) is 26.3 Å². The number of hydrogen-bond donors (Lipinski definition) is 2. The maximum absolute atomic E-state index is 5.92. The van der Waals surface area contributed by atoms with E-state index in [9.17, 15) is 0 Å². The van der Waals surface area contributed by atoms with Gasteiger partial charge in [0.2, 0.25) is 0 Å². The molecule has 0 aromatic carbocycles. The van der Waals surface area contributed by atoms with E-state index in [1.54, 1.807) is 6.20 Å². The van der Waals surface area contributed by atoms with E-state index in [0.717, 1.165) is 12.0 Å². The second-order valence-electron chi connectivity index (χ2n) is 3.78. The van der Waals surface area contributed by atoms with Crippen molar-refractivity contribution in [3.05, 3.63) is 22.8 Å². The Morgan fingerprint density at radius 1 is 1.60 bits per heavy atom. The fraction of sp³-hybridized carbons (Fsp3) is 0.545. The third-order valence-corrected chi connectivity index (χ3v) is 2.98. The minimum atomic E-state index is 0.209. The van der Waals surface area contributed by atoms with Crippen molar-refractivity contribution in [2.75, 3.05) is 12.8 Å². The molecule has 0 aliphatic rings. The van der Waals surface area contributed by atoms with Gasteiger partial charge in [-0.05, 0) is 19.0 Å². The van der Waals surface area contributed by atoms with Gasteiger partial charge in [0.15, 0.2) is 0 Å². The predicted molar refractivity (Wildman–Crippen MR) is 64.9 cm³/mol. The maximum atomic E-state index is 5.92. The fourth-order valence-corrected chi connectivity index (χ4v) is 1.86. The summed E-state index contributed by atoms with van der Waals surface area (Å²) in [6.45, 7) is 4.34. The van der Waals surface area contributed by atoms with Gasteiger partial charge in [-0.2, -0.15) is 0 Å². The van der Waals surface area contributed by atoms with Crippen molar-refractivity contribution in [3.8, 4) is 0 Å². The number of nitrogens with zero attached hydrogens (tertiary/aromatic N) is 1. The molecule has 3 N–H and O–H groups in total. The summed E-state index contributed by atoms with van der Waals surface area (Å²) in [5.41, 5.74) is 6.83. The lowest BCUT2D eigenvalue weighted by atomic mass is 9.93. The van der Waals surface area contributed by atoms with E-state index < -0.39 is 0 Å². The van der Waals surface area contributed by atoms with Crippen LogP contribution in [0.1, 0.15) is 31.9 Å². The molecule has 1 heterocycles. The van der Waals surface area contributed by atoms with Gasteiger partial charge in [0.1, 0.15) is 5.82 Å². The third kappa shape index (κ3) is 2.83. The second kappa shape index (κ2) is 5.33. The summed E-state index contributed by atoms with van der Waals surface area (Å²) in [4.78, 5) is 4.07. The van der Waals surface area contributed by atoms with Crippen molar-refractivity contribution in [3.63, 3.8) is 0 Å². The Morgan fingerprint density at radius 3 is 2.80 bits per heavy atom. The Kier molecular flexibility index (Phi) is 4.36. The number of hydrogen-bond acceptors (Lipinski definition) is 3. The lowest BCUT2D eigenvalue weighted by Gasteiger charge is -2.23. The summed E-state index contributed by atoms with van der Waals surface area (Å²) in [5, 5.41) is 3.89. The summed E-state index contributed by atoms with van der Waals surface area (Å²) in [5.74, 6) is 1.05. The molecule has 0 bridgehead atoms. The van der Waals surface area contributed by atoms with Gasteiger partial charge in [0, 0.05) is 17.8 Å². The van der Waals surface area contributed by atoms with Crippen molar-refractivity contribution >= 4 is 17.4 Å². The molecule has 2 atom stereocenters. The van der Waals surface area contributed by atoms with Crippen LogP contribution in [0.4, 0.5) is 5.82 Å². The number of aromatic nitrogens is 1. The lowest BCUT2D eigenvalue weighted by Crippen LogP contribution is -2.24. The predicted octanol–water partition coefficient (Wildman–Crippen LogP) is 2.62. The number of pyridine rings is 1. The first-order chi connectivity index (χ1) is 7.10. The molecule has 1 aromatic heterocycles. The molecular formula is C11H18ClN3. The monoisotopic (exact) mass is 227 g/mol. The zero-order valence-electron chi connectivity index (χ0n) is 9.42. The first kappa shape index (κ1) is 12.3. The molecule has 1 aromatic rings. The maximum Gasteiger partial charge on any atom is 0.128 e. The van der Waals surface area contributed by atoms with Crippen LogP contribution in [-0.2, 0) is 0 Å². The molecule has 0 fully saturated rings. The molecule has 2 unspecified atom stereocenters. The number of rotatable bonds is 4. The molecule has 0 aliphatic carbocycles. The lowest BCUT2D eigenvalue weighted by molar-refractivity contribution is 0.401. The van der Waals surface area contributed by atoms with Crippen LogP contribution in [0.3, 0.4) is 0 Å². The average Bonchev–Trinajstić information content (AvgIpc) is 2.23. The zero-order chi connectivity index (χ0) is 11.4. The van der Waals surface area contributed by atoms with Gasteiger partial charge in [0.05, 0.1) is 5.02 Å². The summed E-state index contributed by atoms with van der Waals surface area (Å²) >= 11 is 5.92. The van der Waals surface area contributed by atoms with Crippen molar-refractivity contribution in [1.82, 2.24) is 10.3 Å². The number of nitrogens with two attached hydrogens (primary N) is 1. The topological polar surface area (TPSA) is 50.9 Å². The van der Waals surface area contributed by atoms with Crippen LogP contribution in [0.25, 0.3) is 0 Å². The van der Waals surface area contributed by atoms with Crippen LogP contribution in [0.15, 0.2) is 12.3 Å². The van der Waals surface area contributed by atoms with Crippen molar-refractivity contribution < 1.29 is 0 Å². The third-order valence-electron chi connectivity index (χ3n) is 2.78. The molecule has 0 spiro atoms. The van der Waals surface area contributed by atoms with Gasteiger partial charge >= 0.3 is 0 Å². The molecule has 84 valence electrons. The number of nitrogens with one attached hydrogen (secondary N) is 1. The highest BCUT2D eigenvalue weighted by Crippen LogP contribution is 2.28. The highest BCUT2D eigenvalue weighted by atomic mass is 35.5. The smallest absolute Gasteiger partial charge is 0.128 e. The minimum Gasteiger partial charge on any atom is -0.383 e. The van der Waals surface area contributed by atoms with Gasteiger partial charge in [-0.15, -0.1) is 0 Å². The molecular weight excluding hydrogens is 210 g/mol. The number of nitrogen functional groups attached to an aromatic ring is 1. The molecule has 0 amide bonds. The van der Waals surface area contributed by atoms with E-state index >= 15 is 0 Å². The minimum absolute atomic E-state index is 0.209. The first-order valence-corrected chi connectivity index (χ1v) is 5.56. The molecule has 1 rings (SSSR count). The number of anilines is 1. The highest BCUT2D eigenvalue weighted by Gasteiger charge is 2.19. The standard InChI is InChI=1S/C11H18ClN3/c1-4-7(2)10(14-3)9-5-8(12)6-15-11(9)13/h5-7,10,14H,4H2,1-3H3,(H2,13,15). The average molecular weight is 228 g/mol. The van der Waals surface area contributed by atoms with E-state index in [2.05, 4.69) is 24.1 Å². The zero-order valence-corrected chi connectivity index (χ0v) is 10.2. The van der Waals surface area contributed by atoms with E-state index in [1.165, 1.54) is 0 Å². The van der Waals surface area contributed by atoms with E-state index in [1.807, 2.05) is 13.1 Å². The Bertz CT molecular complexity index is 328. The fourth-order valence-electron chi connectivity index (χ4n) is 1.70. The molecule has 0 saturated carbocycles. The van der Waals surface area contributed by atoms with Crippen LogP contribution < -0.4 is 11.1 Å². The summed E-state index contributed by atoms with van der Waals surface area (Å²) < 4.78 is 0. The van der Waals surface area contributed by atoms with E-state index in [4.69, 9.17) is 17.3 Å². The van der Waals surface area contributed by atoms with Crippen LogP contribution in [-0.4, -0.2) is 12.0 Å². The Balaban J connectivity index is 3.05. The molecule has 0 aliphatic heterocycles.